The number of nitrogens with one attached hydrogen (secondary N) is 1. The van der Waals surface area contributed by atoms with E-state index >= 15 is 0 Å². The zero-order valence-corrected chi connectivity index (χ0v) is 17.9. The number of hydrogen-bond acceptors (Lipinski definition) is 6. The Morgan fingerprint density at radius 2 is 1.84 bits per heavy atom. The standard InChI is InChI=1S/C23H25N7O2/c1-2-6-21-24-20(9-5-10-22(31)32)27-30(21)15-16-11-13-17(14-12-16)18-7-3-4-8-19(18)23-25-28-29-26-23/h3-4,7-8,11-14H,2,5-6,9-10,15H2,1H3,(H,31,32)(H,25,26,28,29). The van der Waals surface area contributed by atoms with Gasteiger partial charge in [0.1, 0.15) is 5.82 Å². The van der Waals surface area contributed by atoms with Crippen LogP contribution in [0, 0.1) is 0 Å². The van der Waals surface area contributed by atoms with Crippen LogP contribution in [0.1, 0.15) is 43.4 Å². The van der Waals surface area contributed by atoms with Gasteiger partial charge in [0.25, 0.3) is 0 Å². The summed E-state index contributed by atoms with van der Waals surface area (Å²) in [6, 6.07) is 16.3. The molecule has 9 heteroatoms. The van der Waals surface area contributed by atoms with Crippen molar-refractivity contribution in [2.24, 2.45) is 0 Å². The Balaban J connectivity index is 1.52. The molecule has 2 aromatic heterocycles. The van der Waals surface area contributed by atoms with Crippen LogP contribution in [-0.4, -0.2) is 46.5 Å². The maximum Gasteiger partial charge on any atom is 0.303 e. The van der Waals surface area contributed by atoms with Crippen molar-refractivity contribution in [3.8, 4) is 22.5 Å². The molecule has 4 rings (SSSR count). The Morgan fingerprint density at radius 1 is 1.06 bits per heavy atom. The van der Waals surface area contributed by atoms with Crippen LogP contribution in [0.5, 0.6) is 0 Å². The first kappa shape index (κ1) is 21.4. The fourth-order valence-electron chi connectivity index (χ4n) is 3.64. The summed E-state index contributed by atoms with van der Waals surface area (Å²) in [5.74, 6) is 1.48. The Hall–Kier alpha value is -3.88. The van der Waals surface area contributed by atoms with Crippen LogP contribution in [-0.2, 0) is 24.2 Å². The number of benzene rings is 2. The average Bonchev–Trinajstić information content (AvgIpc) is 3.45. The van der Waals surface area contributed by atoms with E-state index in [2.05, 4.69) is 61.9 Å². The quantitative estimate of drug-likeness (QED) is 0.394. The predicted molar refractivity (Wildman–Crippen MR) is 119 cm³/mol. The molecular formula is C23H25N7O2. The molecule has 0 unspecified atom stereocenters. The second-order valence-electron chi connectivity index (χ2n) is 7.59. The molecule has 2 heterocycles. The molecular weight excluding hydrogens is 406 g/mol. The van der Waals surface area contributed by atoms with Crippen molar-refractivity contribution in [3.05, 3.63) is 65.7 Å². The van der Waals surface area contributed by atoms with Crippen LogP contribution in [0.2, 0.25) is 0 Å². The van der Waals surface area contributed by atoms with Crippen molar-refractivity contribution in [1.82, 2.24) is 35.4 Å². The number of aromatic amines is 1. The zero-order chi connectivity index (χ0) is 22.3. The summed E-state index contributed by atoms with van der Waals surface area (Å²) in [4.78, 5) is 15.4. The molecule has 2 N–H and O–H groups in total. The summed E-state index contributed by atoms with van der Waals surface area (Å²) in [5.41, 5.74) is 4.18. The molecule has 0 spiro atoms. The number of H-pyrrole nitrogens is 1. The highest BCUT2D eigenvalue weighted by Crippen LogP contribution is 2.29. The lowest BCUT2D eigenvalue weighted by molar-refractivity contribution is -0.137. The maximum absolute atomic E-state index is 10.8. The summed E-state index contributed by atoms with van der Waals surface area (Å²) < 4.78 is 1.93. The molecule has 0 atom stereocenters. The largest absolute Gasteiger partial charge is 0.481 e. The number of carbonyl (C=O) groups is 1. The molecule has 0 aliphatic rings. The van der Waals surface area contributed by atoms with Crippen molar-refractivity contribution in [2.75, 3.05) is 0 Å². The maximum atomic E-state index is 10.8. The average molecular weight is 432 g/mol. The van der Waals surface area contributed by atoms with Crippen molar-refractivity contribution >= 4 is 5.97 Å². The summed E-state index contributed by atoms with van der Waals surface area (Å²) in [6.45, 7) is 2.73. The molecule has 2 aromatic carbocycles. The second-order valence-corrected chi connectivity index (χ2v) is 7.59. The monoisotopic (exact) mass is 431 g/mol. The first-order valence-electron chi connectivity index (χ1n) is 10.7. The molecule has 0 aliphatic heterocycles. The number of rotatable bonds is 10. The summed E-state index contributed by atoms with van der Waals surface area (Å²) in [6.07, 6.45) is 3.05. The number of tetrazole rings is 1. The highest BCUT2D eigenvalue weighted by Gasteiger charge is 2.12. The molecule has 0 aliphatic carbocycles. The fraction of sp³-hybridized carbons (Fsp3) is 0.304. The van der Waals surface area contributed by atoms with Crippen LogP contribution in [0.3, 0.4) is 0 Å². The summed E-state index contributed by atoms with van der Waals surface area (Å²) in [7, 11) is 0. The van der Waals surface area contributed by atoms with E-state index < -0.39 is 5.97 Å². The van der Waals surface area contributed by atoms with E-state index in [4.69, 9.17) is 5.11 Å². The van der Waals surface area contributed by atoms with E-state index in [1.165, 1.54) is 0 Å². The van der Waals surface area contributed by atoms with Gasteiger partial charge in [-0.1, -0.05) is 55.5 Å². The van der Waals surface area contributed by atoms with Crippen LogP contribution < -0.4 is 0 Å². The van der Waals surface area contributed by atoms with E-state index in [0.29, 0.717) is 31.0 Å². The molecule has 0 radical (unpaired) electrons. The number of carboxylic acids is 1. The van der Waals surface area contributed by atoms with Gasteiger partial charge >= 0.3 is 5.97 Å². The number of aliphatic carboxylic acids is 1. The van der Waals surface area contributed by atoms with Crippen molar-refractivity contribution < 1.29 is 9.90 Å². The van der Waals surface area contributed by atoms with E-state index in [1.54, 1.807) is 0 Å². The molecule has 0 bridgehead atoms. The number of aryl methyl sites for hydroxylation is 2. The first-order valence-corrected chi connectivity index (χ1v) is 10.7. The number of nitrogens with zero attached hydrogens (tertiary/aromatic N) is 6. The number of hydrogen-bond donors (Lipinski definition) is 2. The molecule has 32 heavy (non-hydrogen) atoms. The lowest BCUT2D eigenvalue weighted by atomic mass is 9.98. The van der Waals surface area contributed by atoms with Gasteiger partial charge < -0.3 is 5.11 Å². The third-order valence-corrected chi connectivity index (χ3v) is 5.18. The first-order chi connectivity index (χ1) is 15.6. The summed E-state index contributed by atoms with van der Waals surface area (Å²) >= 11 is 0. The van der Waals surface area contributed by atoms with Gasteiger partial charge in [0.2, 0.25) is 0 Å². The molecule has 4 aromatic rings. The SMILES string of the molecule is CCCc1nc(CCCC(=O)O)nn1Cc1ccc(-c2ccccc2-c2nnn[nH]2)cc1. The lowest BCUT2D eigenvalue weighted by Gasteiger charge is -2.09. The molecule has 164 valence electrons. The third-order valence-electron chi connectivity index (χ3n) is 5.18. The third kappa shape index (κ3) is 5.05. The van der Waals surface area contributed by atoms with Crippen molar-refractivity contribution in [3.63, 3.8) is 0 Å². The highest BCUT2D eigenvalue weighted by molar-refractivity contribution is 5.80. The van der Waals surface area contributed by atoms with E-state index in [9.17, 15) is 4.79 Å². The van der Waals surface area contributed by atoms with Gasteiger partial charge in [0.05, 0.1) is 6.54 Å². The Morgan fingerprint density at radius 3 is 2.53 bits per heavy atom. The predicted octanol–water partition coefficient (Wildman–Crippen LogP) is 3.53. The molecule has 0 amide bonds. The van der Waals surface area contributed by atoms with E-state index in [1.807, 2.05) is 28.9 Å². The van der Waals surface area contributed by atoms with Crippen LogP contribution in [0.4, 0.5) is 0 Å². The van der Waals surface area contributed by atoms with Crippen molar-refractivity contribution in [2.45, 2.75) is 45.6 Å². The smallest absolute Gasteiger partial charge is 0.303 e. The Kier molecular flexibility index (Phi) is 6.64. The minimum absolute atomic E-state index is 0.130. The van der Waals surface area contributed by atoms with Gasteiger partial charge in [0.15, 0.2) is 11.6 Å². The topological polar surface area (TPSA) is 122 Å². The van der Waals surface area contributed by atoms with Crippen LogP contribution in [0.15, 0.2) is 48.5 Å². The van der Waals surface area contributed by atoms with E-state index in [-0.39, 0.29) is 6.42 Å². The van der Waals surface area contributed by atoms with Crippen LogP contribution >= 0.6 is 0 Å². The van der Waals surface area contributed by atoms with Gasteiger partial charge in [-0.15, -0.1) is 5.10 Å². The zero-order valence-electron chi connectivity index (χ0n) is 17.9. The minimum Gasteiger partial charge on any atom is -0.481 e. The van der Waals surface area contributed by atoms with Crippen molar-refractivity contribution in [1.29, 1.82) is 0 Å². The van der Waals surface area contributed by atoms with Gasteiger partial charge in [-0.2, -0.15) is 5.10 Å². The number of aromatic nitrogens is 7. The molecule has 0 fully saturated rings. The van der Waals surface area contributed by atoms with E-state index in [0.717, 1.165) is 40.9 Å². The van der Waals surface area contributed by atoms with Gasteiger partial charge in [-0.05, 0) is 40.0 Å². The molecule has 0 saturated carbocycles. The lowest BCUT2D eigenvalue weighted by Crippen LogP contribution is -2.07. The Labute approximate surface area is 185 Å². The molecule has 0 saturated heterocycles. The number of carboxylic acid groups (broad SMARTS) is 1. The van der Waals surface area contributed by atoms with Gasteiger partial charge in [0, 0.05) is 24.8 Å². The van der Waals surface area contributed by atoms with Gasteiger partial charge in [-0.3, -0.25) is 4.79 Å². The van der Waals surface area contributed by atoms with Crippen LogP contribution in [0.25, 0.3) is 22.5 Å². The minimum atomic E-state index is -0.792. The molecule has 9 nitrogen and oxygen atoms in total. The normalized spacial score (nSPS) is 11.0. The summed E-state index contributed by atoms with van der Waals surface area (Å²) in [5, 5.41) is 27.7. The highest BCUT2D eigenvalue weighted by atomic mass is 16.4. The van der Waals surface area contributed by atoms with Gasteiger partial charge in [-0.25, -0.2) is 14.8 Å². The Bertz CT molecular complexity index is 1170. The second kappa shape index (κ2) is 9.95. The fourth-order valence-corrected chi connectivity index (χ4v) is 3.64.